The Morgan fingerprint density at radius 1 is 0.967 bits per heavy atom. The molecule has 2 aromatic carbocycles. The second-order valence-electron chi connectivity index (χ2n) is 7.69. The highest BCUT2D eigenvalue weighted by Crippen LogP contribution is 2.19. The predicted molar refractivity (Wildman–Crippen MR) is 114 cm³/mol. The van der Waals surface area contributed by atoms with Gasteiger partial charge in [-0.2, -0.15) is 0 Å². The van der Waals surface area contributed by atoms with Gasteiger partial charge in [0.05, 0.1) is 22.4 Å². The zero-order chi connectivity index (χ0) is 21.3. The number of phenolic OH excluding ortho intramolecular Hbond substituents is 1. The Balaban J connectivity index is 1.39. The Morgan fingerprint density at radius 3 is 2.37 bits per heavy atom. The monoisotopic (exact) mass is 404 g/mol. The molecule has 2 heterocycles. The third-order valence-corrected chi connectivity index (χ3v) is 5.55. The van der Waals surface area contributed by atoms with Gasteiger partial charge in [0.2, 0.25) is 0 Å². The number of nitrogens with zero attached hydrogens (tertiary/aromatic N) is 3. The Morgan fingerprint density at radius 2 is 1.67 bits per heavy atom. The number of hydrogen-bond donors (Lipinski definition) is 2. The first-order valence-corrected chi connectivity index (χ1v) is 10.0. The van der Waals surface area contributed by atoms with E-state index in [9.17, 15) is 14.7 Å². The van der Waals surface area contributed by atoms with E-state index < -0.39 is 0 Å². The molecule has 0 unspecified atom stereocenters. The number of piperidine rings is 1. The molecule has 154 valence electrons. The quantitative estimate of drug-likeness (QED) is 0.700. The molecule has 1 aliphatic heterocycles. The van der Waals surface area contributed by atoms with Gasteiger partial charge in [-0.3, -0.25) is 9.59 Å². The lowest BCUT2D eigenvalue weighted by molar-refractivity contribution is 0.0698. The third-order valence-electron chi connectivity index (χ3n) is 5.55. The van der Waals surface area contributed by atoms with Crippen molar-refractivity contribution in [2.45, 2.75) is 32.7 Å². The molecule has 7 heteroatoms. The van der Waals surface area contributed by atoms with E-state index in [4.69, 9.17) is 0 Å². The fourth-order valence-corrected chi connectivity index (χ4v) is 3.69. The molecule has 0 radical (unpaired) electrons. The summed E-state index contributed by atoms with van der Waals surface area (Å²) in [5.41, 5.74) is 4.27. The van der Waals surface area contributed by atoms with Gasteiger partial charge in [-0.25, -0.2) is 9.97 Å². The number of fused-ring (bicyclic) bond motifs is 1. The number of aryl methyl sites for hydroxylation is 2. The minimum Gasteiger partial charge on any atom is -0.508 e. The fourth-order valence-electron chi connectivity index (χ4n) is 3.69. The van der Waals surface area contributed by atoms with Crippen LogP contribution in [0, 0.1) is 13.8 Å². The van der Waals surface area contributed by atoms with Gasteiger partial charge in [-0.15, -0.1) is 0 Å². The number of carbonyl (C=O) groups excluding carboxylic acids is 2. The molecular formula is C23H24N4O3. The zero-order valence-corrected chi connectivity index (χ0v) is 17.1. The van der Waals surface area contributed by atoms with Gasteiger partial charge >= 0.3 is 0 Å². The number of phenols is 1. The molecule has 3 aromatic rings. The summed E-state index contributed by atoms with van der Waals surface area (Å²) in [6.45, 7) is 4.97. The van der Waals surface area contributed by atoms with Crippen molar-refractivity contribution in [3.05, 3.63) is 65.0 Å². The molecule has 1 fully saturated rings. The molecule has 4 rings (SSSR count). The largest absolute Gasteiger partial charge is 0.508 e. The number of aromatic nitrogens is 2. The highest BCUT2D eigenvalue weighted by Gasteiger charge is 2.25. The summed E-state index contributed by atoms with van der Waals surface area (Å²) in [5, 5.41) is 12.5. The lowest BCUT2D eigenvalue weighted by Gasteiger charge is -2.32. The molecular weight excluding hydrogens is 380 g/mol. The van der Waals surface area contributed by atoms with Crippen molar-refractivity contribution >= 4 is 22.8 Å². The van der Waals surface area contributed by atoms with Gasteiger partial charge in [-0.05, 0) is 63.1 Å². The zero-order valence-electron chi connectivity index (χ0n) is 17.1. The number of hydrogen-bond acceptors (Lipinski definition) is 5. The van der Waals surface area contributed by atoms with Crippen molar-refractivity contribution in [2.24, 2.45) is 0 Å². The summed E-state index contributed by atoms with van der Waals surface area (Å²) in [6, 6.07) is 11.7. The van der Waals surface area contributed by atoms with Gasteiger partial charge in [-0.1, -0.05) is 6.07 Å². The molecule has 1 aliphatic rings. The molecule has 2 amide bonds. The Hall–Kier alpha value is -3.48. The van der Waals surface area contributed by atoms with Gasteiger partial charge in [0, 0.05) is 30.3 Å². The van der Waals surface area contributed by atoms with Crippen LogP contribution in [0.25, 0.3) is 11.0 Å². The van der Waals surface area contributed by atoms with Crippen LogP contribution in [0.2, 0.25) is 0 Å². The molecule has 0 atom stereocenters. The highest BCUT2D eigenvalue weighted by molar-refractivity contribution is 5.97. The molecule has 1 aromatic heterocycles. The first-order chi connectivity index (χ1) is 14.4. The van der Waals surface area contributed by atoms with Gasteiger partial charge in [0.25, 0.3) is 11.8 Å². The van der Waals surface area contributed by atoms with Crippen LogP contribution in [-0.2, 0) is 0 Å². The van der Waals surface area contributed by atoms with Crippen LogP contribution >= 0.6 is 0 Å². The SMILES string of the molecule is Cc1nc2ccc(C(=O)N3CCC(NC(=O)c4cccc(O)c4)CC3)cc2nc1C. The molecule has 2 N–H and O–H groups in total. The summed E-state index contributed by atoms with van der Waals surface area (Å²) in [6.07, 6.45) is 1.37. The van der Waals surface area contributed by atoms with E-state index in [1.807, 2.05) is 24.8 Å². The maximum Gasteiger partial charge on any atom is 0.253 e. The van der Waals surface area contributed by atoms with E-state index in [0.29, 0.717) is 37.1 Å². The Labute approximate surface area is 174 Å². The topological polar surface area (TPSA) is 95.4 Å². The van der Waals surface area contributed by atoms with E-state index in [0.717, 1.165) is 22.4 Å². The first kappa shape index (κ1) is 19.8. The van der Waals surface area contributed by atoms with Crippen LogP contribution in [0.15, 0.2) is 42.5 Å². The van der Waals surface area contributed by atoms with E-state index in [2.05, 4.69) is 15.3 Å². The van der Waals surface area contributed by atoms with Gasteiger partial charge < -0.3 is 15.3 Å². The molecule has 30 heavy (non-hydrogen) atoms. The summed E-state index contributed by atoms with van der Waals surface area (Å²) in [7, 11) is 0. The minimum atomic E-state index is -0.213. The smallest absolute Gasteiger partial charge is 0.253 e. The van der Waals surface area contributed by atoms with Crippen molar-refractivity contribution in [3.8, 4) is 5.75 Å². The van der Waals surface area contributed by atoms with E-state index in [1.165, 1.54) is 12.1 Å². The molecule has 0 bridgehead atoms. The van der Waals surface area contributed by atoms with Gasteiger partial charge in [0.15, 0.2) is 0 Å². The normalized spacial score (nSPS) is 14.7. The lowest BCUT2D eigenvalue weighted by Crippen LogP contribution is -2.46. The summed E-state index contributed by atoms with van der Waals surface area (Å²) >= 11 is 0. The number of benzene rings is 2. The van der Waals surface area contributed by atoms with Crippen molar-refractivity contribution in [1.82, 2.24) is 20.2 Å². The van der Waals surface area contributed by atoms with E-state index in [1.54, 1.807) is 24.3 Å². The second-order valence-corrected chi connectivity index (χ2v) is 7.69. The van der Waals surface area contributed by atoms with E-state index in [-0.39, 0.29) is 23.6 Å². The van der Waals surface area contributed by atoms with Crippen molar-refractivity contribution in [2.75, 3.05) is 13.1 Å². The number of aromatic hydroxyl groups is 1. The summed E-state index contributed by atoms with van der Waals surface area (Å²) < 4.78 is 0. The molecule has 0 spiro atoms. The fraction of sp³-hybridized carbons (Fsp3) is 0.304. The highest BCUT2D eigenvalue weighted by atomic mass is 16.3. The molecule has 0 saturated carbocycles. The first-order valence-electron chi connectivity index (χ1n) is 10.0. The average Bonchev–Trinajstić information content (AvgIpc) is 2.74. The maximum atomic E-state index is 12.9. The number of likely N-dealkylation sites (tertiary alicyclic amines) is 1. The number of amides is 2. The van der Waals surface area contributed by atoms with Crippen molar-refractivity contribution in [3.63, 3.8) is 0 Å². The summed E-state index contributed by atoms with van der Waals surface area (Å²) in [5.74, 6) is -0.183. The van der Waals surface area contributed by atoms with Gasteiger partial charge in [0.1, 0.15) is 5.75 Å². The predicted octanol–water partition coefficient (Wildman–Crippen LogP) is 2.99. The summed E-state index contributed by atoms with van der Waals surface area (Å²) in [4.78, 5) is 36.2. The number of rotatable bonds is 3. The third kappa shape index (κ3) is 4.10. The molecule has 7 nitrogen and oxygen atoms in total. The maximum absolute atomic E-state index is 12.9. The van der Waals surface area contributed by atoms with Crippen LogP contribution < -0.4 is 5.32 Å². The van der Waals surface area contributed by atoms with Crippen LogP contribution in [-0.4, -0.2) is 50.9 Å². The number of carbonyl (C=O) groups is 2. The Kier molecular flexibility index (Phi) is 5.35. The molecule has 0 aliphatic carbocycles. The second kappa shape index (κ2) is 8.10. The van der Waals surface area contributed by atoms with Crippen molar-refractivity contribution in [1.29, 1.82) is 0 Å². The van der Waals surface area contributed by atoms with Crippen LogP contribution in [0.1, 0.15) is 44.9 Å². The van der Waals surface area contributed by atoms with Crippen molar-refractivity contribution < 1.29 is 14.7 Å². The van der Waals surface area contributed by atoms with Crippen LogP contribution in [0.5, 0.6) is 5.75 Å². The average molecular weight is 404 g/mol. The standard InChI is InChI=1S/C23H24N4O3/c1-14-15(2)25-21-13-17(6-7-20(21)24-14)23(30)27-10-8-18(9-11-27)26-22(29)16-4-3-5-19(28)12-16/h3-7,12-13,18,28H,8-11H2,1-2H3,(H,26,29). The minimum absolute atomic E-state index is 0.00278. The Bertz CT molecular complexity index is 1120. The van der Waals surface area contributed by atoms with Crippen LogP contribution in [0.4, 0.5) is 0 Å². The van der Waals surface area contributed by atoms with E-state index >= 15 is 0 Å². The lowest BCUT2D eigenvalue weighted by atomic mass is 10.0. The molecule has 1 saturated heterocycles. The van der Waals surface area contributed by atoms with Crippen LogP contribution in [0.3, 0.4) is 0 Å². The number of nitrogens with one attached hydrogen (secondary N) is 1.